The molecule has 49 heavy (non-hydrogen) atoms. The van der Waals surface area contributed by atoms with E-state index >= 15 is 0 Å². The Bertz CT molecular complexity index is 1920. The van der Waals surface area contributed by atoms with Crippen molar-refractivity contribution in [3.8, 4) is 22.3 Å². The number of carbonyl (C=O) groups is 1. The Balaban J connectivity index is 0.000000433. The molecule has 0 aliphatic rings. The fourth-order valence-corrected chi connectivity index (χ4v) is 5.06. The number of hydrogen-bond acceptors (Lipinski definition) is 7. The van der Waals surface area contributed by atoms with Gasteiger partial charge in [0.25, 0.3) is 0 Å². The van der Waals surface area contributed by atoms with Crippen molar-refractivity contribution in [3.05, 3.63) is 72.6 Å². The lowest BCUT2D eigenvalue weighted by atomic mass is 9.99. The molecule has 5 N–H and O–H groups in total. The SMILES string of the molecule is CC.CC.CCCc1nc2ncc(-c3ccc4cc(-c5cnc6nc(CCCCN)[nH]c6c5)ccc4c3)cc2[nH]1.CNC(=O)OC(C)(C)C. The molecule has 2 aromatic carbocycles. The number of fused-ring (bicyclic) bond motifs is 3. The number of carbonyl (C=O) groups excluding carboxylic acids is 1. The molecule has 4 aromatic heterocycles. The van der Waals surface area contributed by atoms with Crippen molar-refractivity contribution >= 4 is 39.2 Å². The van der Waals surface area contributed by atoms with Gasteiger partial charge in [-0.25, -0.2) is 24.7 Å². The average Bonchev–Trinajstić information content (AvgIpc) is 3.71. The van der Waals surface area contributed by atoms with E-state index in [1.54, 1.807) is 0 Å². The molecule has 4 heterocycles. The Morgan fingerprint density at radius 3 is 1.65 bits per heavy atom. The molecular formula is C39H54N8O2. The van der Waals surface area contributed by atoms with Gasteiger partial charge in [-0.2, -0.15) is 0 Å². The van der Waals surface area contributed by atoms with E-state index in [4.69, 9.17) is 10.5 Å². The summed E-state index contributed by atoms with van der Waals surface area (Å²) >= 11 is 0. The molecule has 0 atom stereocenters. The Morgan fingerprint density at radius 1 is 0.755 bits per heavy atom. The van der Waals surface area contributed by atoms with Crippen molar-refractivity contribution in [3.63, 3.8) is 0 Å². The maximum Gasteiger partial charge on any atom is 0.407 e. The van der Waals surface area contributed by atoms with Crippen LogP contribution in [-0.4, -0.2) is 55.2 Å². The largest absolute Gasteiger partial charge is 0.444 e. The van der Waals surface area contributed by atoms with E-state index in [0.29, 0.717) is 6.54 Å². The number of aromatic nitrogens is 6. The summed E-state index contributed by atoms with van der Waals surface area (Å²) in [6.07, 6.45) is 8.34. The molecular weight excluding hydrogens is 612 g/mol. The van der Waals surface area contributed by atoms with Gasteiger partial charge in [0, 0.05) is 43.4 Å². The fourth-order valence-electron chi connectivity index (χ4n) is 5.06. The summed E-state index contributed by atoms with van der Waals surface area (Å²) in [5.41, 5.74) is 13.1. The zero-order valence-electron chi connectivity index (χ0n) is 30.7. The number of alkyl carbamates (subject to hydrolysis) is 1. The van der Waals surface area contributed by atoms with Crippen molar-refractivity contribution in [1.82, 2.24) is 35.2 Å². The molecule has 6 rings (SSSR count). The predicted molar refractivity (Wildman–Crippen MR) is 204 cm³/mol. The minimum absolute atomic E-state index is 0.387. The monoisotopic (exact) mass is 666 g/mol. The normalized spacial score (nSPS) is 10.8. The van der Waals surface area contributed by atoms with Crippen LogP contribution in [0.15, 0.2) is 60.9 Å². The molecule has 6 aromatic rings. The van der Waals surface area contributed by atoms with E-state index in [-0.39, 0.29) is 11.7 Å². The molecule has 0 unspecified atom stereocenters. The number of amides is 1. The summed E-state index contributed by atoms with van der Waals surface area (Å²) in [5, 5.41) is 4.73. The first-order valence-corrected chi connectivity index (χ1v) is 17.5. The first-order chi connectivity index (χ1) is 23.6. The Kier molecular flexibility index (Phi) is 14.7. The number of rotatable bonds is 8. The van der Waals surface area contributed by atoms with Crippen LogP contribution in [0.1, 0.15) is 86.3 Å². The number of aromatic amines is 2. The van der Waals surface area contributed by atoms with Gasteiger partial charge in [0.1, 0.15) is 17.2 Å². The number of imidazole rings is 2. The van der Waals surface area contributed by atoms with Crippen LogP contribution in [-0.2, 0) is 17.6 Å². The third-order valence-corrected chi connectivity index (χ3v) is 7.24. The third kappa shape index (κ3) is 10.8. The van der Waals surface area contributed by atoms with Gasteiger partial charge in [-0.1, -0.05) is 58.9 Å². The van der Waals surface area contributed by atoms with E-state index in [1.165, 1.54) is 17.8 Å². The number of aryl methyl sites for hydroxylation is 2. The van der Waals surface area contributed by atoms with Crippen LogP contribution >= 0.6 is 0 Å². The smallest absolute Gasteiger partial charge is 0.407 e. The molecule has 10 nitrogen and oxygen atoms in total. The molecule has 1 amide bonds. The highest BCUT2D eigenvalue weighted by atomic mass is 16.6. The van der Waals surface area contributed by atoms with Crippen molar-refractivity contribution in [1.29, 1.82) is 0 Å². The number of pyridine rings is 2. The summed E-state index contributed by atoms with van der Waals surface area (Å²) in [4.78, 5) is 35.7. The van der Waals surface area contributed by atoms with Crippen molar-refractivity contribution < 1.29 is 9.53 Å². The maximum atomic E-state index is 10.5. The highest BCUT2D eigenvalue weighted by Crippen LogP contribution is 2.30. The van der Waals surface area contributed by atoms with Gasteiger partial charge in [0.05, 0.1) is 11.0 Å². The second-order valence-electron chi connectivity index (χ2n) is 12.1. The number of H-pyrrole nitrogens is 2. The number of unbranched alkanes of at least 4 members (excludes halogenated alkanes) is 1. The lowest BCUT2D eigenvalue weighted by molar-refractivity contribution is 0.0541. The zero-order chi connectivity index (χ0) is 36.0. The number of benzene rings is 2. The second-order valence-corrected chi connectivity index (χ2v) is 12.1. The predicted octanol–water partition coefficient (Wildman–Crippen LogP) is 9.14. The molecule has 10 heteroatoms. The van der Waals surface area contributed by atoms with Crippen LogP contribution in [0.3, 0.4) is 0 Å². The second kappa shape index (κ2) is 18.6. The molecule has 0 bridgehead atoms. The fraction of sp³-hybridized carbons (Fsp3) is 0.410. The van der Waals surface area contributed by atoms with Gasteiger partial charge >= 0.3 is 6.09 Å². The van der Waals surface area contributed by atoms with Crippen LogP contribution in [0.4, 0.5) is 4.79 Å². The van der Waals surface area contributed by atoms with Gasteiger partial charge in [0.15, 0.2) is 11.3 Å². The van der Waals surface area contributed by atoms with E-state index in [2.05, 4.69) is 90.7 Å². The van der Waals surface area contributed by atoms with E-state index in [1.807, 2.05) is 60.9 Å². The number of nitrogens with one attached hydrogen (secondary N) is 3. The van der Waals surface area contributed by atoms with Gasteiger partial charge in [-0.05, 0) is 92.7 Å². The lowest BCUT2D eigenvalue weighted by Crippen LogP contribution is -2.30. The summed E-state index contributed by atoms with van der Waals surface area (Å²) in [5.74, 6) is 1.97. The van der Waals surface area contributed by atoms with E-state index in [9.17, 15) is 4.79 Å². The van der Waals surface area contributed by atoms with E-state index in [0.717, 1.165) is 88.3 Å². The highest BCUT2D eigenvalue weighted by Gasteiger charge is 2.14. The molecule has 0 saturated heterocycles. The topological polar surface area (TPSA) is 147 Å². The number of nitrogens with two attached hydrogens (primary N) is 1. The van der Waals surface area contributed by atoms with Crippen LogP contribution in [0, 0.1) is 0 Å². The standard InChI is InChI=1S/C29H29N7.C6H13NO2.2C2H6/c1-2-5-26-33-24-14-22(16-31-28(24)35-26)20-9-7-19-13-21(10-8-18(19)12-20)23-15-25-29(32-17-23)36-27(34-25)6-3-4-11-30;1-6(2,3)9-5(8)7-4;2*1-2/h7-10,12-17H,2-6,11,30H2,1H3,(H,31,33,35)(H,32,34,36);1-4H3,(H,7,8);2*1-2H3. The van der Waals surface area contributed by atoms with E-state index < -0.39 is 0 Å². The minimum Gasteiger partial charge on any atom is -0.444 e. The molecule has 262 valence electrons. The number of ether oxygens (including phenoxy) is 1. The number of nitrogens with zero attached hydrogens (tertiary/aromatic N) is 4. The Morgan fingerprint density at radius 2 is 1.24 bits per heavy atom. The summed E-state index contributed by atoms with van der Waals surface area (Å²) in [6.45, 7) is 16.3. The van der Waals surface area contributed by atoms with Gasteiger partial charge < -0.3 is 25.8 Å². The lowest BCUT2D eigenvalue weighted by Gasteiger charge is -2.18. The molecule has 0 saturated carbocycles. The van der Waals surface area contributed by atoms with Gasteiger partial charge in [-0.15, -0.1) is 0 Å². The first-order valence-electron chi connectivity index (χ1n) is 17.5. The van der Waals surface area contributed by atoms with Crippen molar-refractivity contribution in [2.75, 3.05) is 13.6 Å². The van der Waals surface area contributed by atoms with Crippen LogP contribution < -0.4 is 11.1 Å². The van der Waals surface area contributed by atoms with Crippen LogP contribution in [0.5, 0.6) is 0 Å². The van der Waals surface area contributed by atoms with Gasteiger partial charge in [-0.3, -0.25) is 0 Å². The first kappa shape index (κ1) is 38.6. The summed E-state index contributed by atoms with van der Waals surface area (Å²) < 4.78 is 4.84. The minimum atomic E-state index is -0.389. The molecule has 0 aliphatic carbocycles. The Labute approximate surface area is 290 Å². The molecule has 0 aliphatic heterocycles. The molecule has 0 radical (unpaired) electrons. The molecule has 0 spiro atoms. The Hall–Kier alpha value is -4.83. The maximum absolute atomic E-state index is 10.5. The number of hydrogen-bond donors (Lipinski definition) is 4. The summed E-state index contributed by atoms with van der Waals surface area (Å²) in [7, 11) is 1.54. The van der Waals surface area contributed by atoms with Crippen molar-refractivity contribution in [2.24, 2.45) is 5.73 Å². The highest BCUT2D eigenvalue weighted by molar-refractivity contribution is 5.92. The van der Waals surface area contributed by atoms with Crippen molar-refractivity contribution in [2.45, 2.75) is 93.1 Å². The molecule has 0 fully saturated rings. The zero-order valence-corrected chi connectivity index (χ0v) is 30.7. The third-order valence-electron chi connectivity index (χ3n) is 7.24. The van der Waals surface area contributed by atoms with Gasteiger partial charge in [0.2, 0.25) is 0 Å². The summed E-state index contributed by atoms with van der Waals surface area (Å²) in [6, 6.07) is 17.4. The van der Waals surface area contributed by atoms with Crippen LogP contribution in [0.2, 0.25) is 0 Å². The van der Waals surface area contributed by atoms with Crippen LogP contribution in [0.25, 0.3) is 55.4 Å². The quantitative estimate of drug-likeness (QED) is 0.118. The average molecular weight is 667 g/mol.